The van der Waals surface area contributed by atoms with Gasteiger partial charge >= 0.3 is 6.18 Å². The van der Waals surface area contributed by atoms with Gasteiger partial charge in [0.2, 0.25) is 5.82 Å². The number of alkyl halides is 3. The highest BCUT2D eigenvalue weighted by Crippen LogP contribution is 2.28. The van der Waals surface area contributed by atoms with E-state index in [1.54, 1.807) is 0 Å². The third-order valence-electron chi connectivity index (χ3n) is 2.43. The standard InChI is InChI=1S/C9H14F3N5O3/c10-9(11,12)7-14-5(1-6(15-7)17-13)16-8(2-18,3-19)4-20/h1,18-20H,2-4,13H2,(H2,14,15,16,17). The molecular formula is C9H14F3N5O3. The zero-order chi connectivity index (χ0) is 15.4. The second-order valence-corrected chi connectivity index (χ2v) is 3.98. The van der Waals surface area contributed by atoms with E-state index in [-0.39, 0.29) is 11.6 Å². The van der Waals surface area contributed by atoms with Crippen molar-refractivity contribution in [3.8, 4) is 0 Å². The Kier molecular flexibility index (Phi) is 5.05. The smallest absolute Gasteiger partial charge is 0.394 e. The third-order valence-corrected chi connectivity index (χ3v) is 2.43. The maximum atomic E-state index is 12.6. The lowest BCUT2D eigenvalue weighted by Crippen LogP contribution is -2.49. The second-order valence-electron chi connectivity index (χ2n) is 3.98. The van der Waals surface area contributed by atoms with Gasteiger partial charge in [0.05, 0.1) is 19.8 Å². The first-order valence-corrected chi connectivity index (χ1v) is 5.34. The quantitative estimate of drug-likeness (QED) is 0.288. The van der Waals surface area contributed by atoms with Crippen LogP contribution in [0.5, 0.6) is 0 Å². The molecular weight excluding hydrogens is 283 g/mol. The molecule has 1 heterocycles. The number of nitrogen functional groups attached to an aromatic ring is 1. The zero-order valence-corrected chi connectivity index (χ0v) is 10.1. The number of hydrogen-bond acceptors (Lipinski definition) is 8. The van der Waals surface area contributed by atoms with Crippen LogP contribution in [0.2, 0.25) is 0 Å². The topological polar surface area (TPSA) is 137 Å². The number of aliphatic hydroxyl groups excluding tert-OH is 3. The van der Waals surface area contributed by atoms with Crippen LogP contribution in [0.15, 0.2) is 6.07 Å². The van der Waals surface area contributed by atoms with E-state index < -0.39 is 37.4 Å². The highest BCUT2D eigenvalue weighted by atomic mass is 19.4. The molecule has 1 aromatic heterocycles. The number of hydrogen-bond donors (Lipinski definition) is 6. The molecule has 0 unspecified atom stereocenters. The van der Waals surface area contributed by atoms with Crippen LogP contribution in [0, 0.1) is 0 Å². The Morgan fingerprint density at radius 1 is 1.05 bits per heavy atom. The number of rotatable bonds is 6. The molecule has 20 heavy (non-hydrogen) atoms. The lowest BCUT2D eigenvalue weighted by Gasteiger charge is -2.29. The Hall–Kier alpha value is -1.69. The van der Waals surface area contributed by atoms with Crippen LogP contribution in [0.1, 0.15) is 5.82 Å². The van der Waals surface area contributed by atoms with Gasteiger partial charge in [-0.25, -0.2) is 15.8 Å². The van der Waals surface area contributed by atoms with Crippen LogP contribution in [0.3, 0.4) is 0 Å². The van der Waals surface area contributed by atoms with Gasteiger partial charge in [0.15, 0.2) is 0 Å². The molecule has 11 heteroatoms. The van der Waals surface area contributed by atoms with E-state index in [0.29, 0.717) is 0 Å². The predicted octanol–water partition coefficient (Wildman–Crippen LogP) is -1.09. The average molecular weight is 297 g/mol. The van der Waals surface area contributed by atoms with E-state index >= 15 is 0 Å². The fraction of sp³-hybridized carbons (Fsp3) is 0.556. The zero-order valence-electron chi connectivity index (χ0n) is 10.1. The largest absolute Gasteiger partial charge is 0.451 e. The molecule has 0 aliphatic rings. The van der Waals surface area contributed by atoms with Gasteiger partial charge in [-0.3, -0.25) is 0 Å². The fourth-order valence-electron chi connectivity index (χ4n) is 1.25. The van der Waals surface area contributed by atoms with Crippen molar-refractivity contribution in [1.29, 1.82) is 0 Å². The third kappa shape index (κ3) is 3.66. The minimum atomic E-state index is -4.80. The molecule has 0 spiro atoms. The lowest BCUT2D eigenvalue weighted by molar-refractivity contribution is -0.144. The van der Waals surface area contributed by atoms with E-state index in [1.165, 1.54) is 0 Å². The first kappa shape index (κ1) is 16.4. The number of nitrogens with zero attached hydrogens (tertiary/aromatic N) is 2. The molecule has 0 aliphatic heterocycles. The van der Waals surface area contributed by atoms with E-state index in [4.69, 9.17) is 21.2 Å². The first-order chi connectivity index (χ1) is 9.30. The van der Waals surface area contributed by atoms with Gasteiger partial charge < -0.3 is 26.1 Å². The number of aromatic nitrogens is 2. The maximum Gasteiger partial charge on any atom is 0.451 e. The molecule has 0 bridgehead atoms. The van der Waals surface area contributed by atoms with Gasteiger partial charge in [0, 0.05) is 6.07 Å². The molecule has 0 atom stereocenters. The molecule has 114 valence electrons. The Morgan fingerprint density at radius 2 is 1.55 bits per heavy atom. The molecule has 1 aromatic rings. The van der Waals surface area contributed by atoms with E-state index in [9.17, 15) is 13.2 Å². The number of anilines is 2. The minimum absolute atomic E-state index is 0.322. The number of aliphatic hydroxyl groups is 3. The van der Waals surface area contributed by atoms with Crippen LogP contribution in [-0.2, 0) is 6.18 Å². The number of nitrogens with two attached hydrogens (primary N) is 1. The van der Waals surface area contributed by atoms with Gasteiger partial charge in [0.1, 0.15) is 17.2 Å². The van der Waals surface area contributed by atoms with Crippen molar-refractivity contribution in [2.45, 2.75) is 11.7 Å². The van der Waals surface area contributed by atoms with Crippen LogP contribution in [-0.4, -0.2) is 50.6 Å². The normalized spacial score (nSPS) is 12.3. The van der Waals surface area contributed by atoms with Crippen LogP contribution in [0.4, 0.5) is 24.8 Å². The summed E-state index contributed by atoms with van der Waals surface area (Å²) in [5.74, 6) is 2.86. The Balaban J connectivity index is 3.18. The van der Waals surface area contributed by atoms with Crippen molar-refractivity contribution >= 4 is 11.6 Å². The predicted molar refractivity (Wildman–Crippen MR) is 62.5 cm³/mol. The molecule has 0 aromatic carbocycles. The molecule has 0 aliphatic carbocycles. The van der Waals surface area contributed by atoms with Crippen LogP contribution < -0.4 is 16.6 Å². The van der Waals surface area contributed by atoms with E-state index in [2.05, 4.69) is 15.3 Å². The average Bonchev–Trinajstić information content (AvgIpc) is 2.43. The van der Waals surface area contributed by atoms with Gasteiger partial charge in [-0.15, -0.1) is 0 Å². The fourth-order valence-corrected chi connectivity index (χ4v) is 1.25. The first-order valence-electron chi connectivity index (χ1n) is 5.34. The summed E-state index contributed by atoms with van der Waals surface area (Å²) in [6, 6.07) is 1.03. The van der Waals surface area contributed by atoms with Gasteiger partial charge in [-0.1, -0.05) is 0 Å². The molecule has 0 fully saturated rings. The van der Waals surface area contributed by atoms with Gasteiger partial charge in [-0.05, 0) is 0 Å². The van der Waals surface area contributed by atoms with Crippen molar-refractivity contribution in [1.82, 2.24) is 9.97 Å². The van der Waals surface area contributed by atoms with E-state index in [0.717, 1.165) is 6.07 Å². The van der Waals surface area contributed by atoms with Crippen LogP contribution >= 0.6 is 0 Å². The summed E-state index contributed by atoms with van der Waals surface area (Å²) < 4.78 is 37.8. The van der Waals surface area contributed by atoms with Gasteiger partial charge in [-0.2, -0.15) is 13.2 Å². The summed E-state index contributed by atoms with van der Waals surface area (Å²) in [6.07, 6.45) is -4.80. The Morgan fingerprint density at radius 3 is 1.95 bits per heavy atom. The SMILES string of the molecule is NNc1cc(NC(CO)(CO)CO)nc(C(F)(F)F)n1. The highest BCUT2D eigenvalue weighted by Gasteiger charge is 2.36. The summed E-state index contributed by atoms with van der Waals surface area (Å²) in [4.78, 5) is 6.34. The highest BCUT2D eigenvalue weighted by molar-refractivity contribution is 5.48. The summed E-state index contributed by atoms with van der Waals surface area (Å²) in [5.41, 5.74) is 0.319. The summed E-state index contributed by atoms with van der Waals surface area (Å²) in [5, 5.41) is 29.6. The second kappa shape index (κ2) is 6.17. The molecule has 7 N–H and O–H groups in total. The van der Waals surface area contributed by atoms with Gasteiger partial charge in [0.25, 0.3) is 0 Å². The summed E-state index contributed by atoms with van der Waals surface area (Å²) in [7, 11) is 0. The summed E-state index contributed by atoms with van der Waals surface area (Å²) in [6.45, 7) is -2.18. The van der Waals surface area contributed by atoms with Crippen molar-refractivity contribution < 1.29 is 28.5 Å². The lowest BCUT2D eigenvalue weighted by atomic mass is 10.0. The number of halogens is 3. The van der Waals surface area contributed by atoms with Crippen molar-refractivity contribution in [2.75, 3.05) is 30.6 Å². The molecule has 8 nitrogen and oxygen atoms in total. The maximum absolute atomic E-state index is 12.6. The summed E-state index contributed by atoms with van der Waals surface area (Å²) >= 11 is 0. The molecule has 0 amide bonds. The molecule has 0 saturated carbocycles. The minimum Gasteiger partial charge on any atom is -0.394 e. The molecule has 1 rings (SSSR count). The number of nitrogens with one attached hydrogen (secondary N) is 2. The van der Waals surface area contributed by atoms with Crippen molar-refractivity contribution in [3.05, 3.63) is 11.9 Å². The number of hydrazine groups is 1. The molecule has 0 saturated heterocycles. The van der Waals surface area contributed by atoms with Crippen molar-refractivity contribution in [2.24, 2.45) is 5.84 Å². The van der Waals surface area contributed by atoms with Crippen molar-refractivity contribution in [3.63, 3.8) is 0 Å². The monoisotopic (exact) mass is 297 g/mol. The van der Waals surface area contributed by atoms with Crippen LogP contribution in [0.25, 0.3) is 0 Å². The molecule has 0 radical (unpaired) electrons. The Bertz CT molecular complexity index is 445. The Labute approximate surface area is 111 Å². The van der Waals surface area contributed by atoms with E-state index in [1.807, 2.05) is 5.43 Å².